The molecule has 0 saturated heterocycles. The molecule has 0 aliphatic rings. The fourth-order valence-corrected chi connectivity index (χ4v) is 2.15. The van der Waals surface area contributed by atoms with Crippen LogP contribution in [0.25, 0.3) is 0 Å². The van der Waals surface area contributed by atoms with Crippen LogP contribution in [0.5, 0.6) is 0 Å². The van der Waals surface area contributed by atoms with Crippen molar-refractivity contribution in [3.05, 3.63) is 17.4 Å². The first-order valence-corrected chi connectivity index (χ1v) is 7.60. The van der Waals surface area contributed by atoms with Crippen LogP contribution in [0.3, 0.4) is 0 Å². The average molecular weight is 309 g/mol. The molecule has 1 amide bonds. The Morgan fingerprint density at radius 2 is 2.21 bits per heavy atom. The predicted molar refractivity (Wildman–Crippen MR) is 72.4 cm³/mol. The lowest BCUT2D eigenvalue weighted by atomic mass is 10.3. The second kappa shape index (κ2) is 6.36. The second-order valence-corrected chi connectivity index (χ2v) is 6.94. The van der Waals surface area contributed by atoms with Crippen molar-refractivity contribution in [3.8, 4) is 0 Å². The normalized spacial score (nSPS) is 13.5. The lowest BCUT2D eigenvalue weighted by Crippen LogP contribution is -2.37. The maximum absolute atomic E-state index is 11.8. The van der Waals surface area contributed by atoms with E-state index in [9.17, 15) is 13.2 Å². The maximum Gasteiger partial charge on any atom is 0.244 e. The molecular formula is C10H17ClN4O3S. The Morgan fingerprint density at radius 3 is 2.68 bits per heavy atom. The van der Waals surface area contributed by atoms with E-state index in [1.165, 1.54) is 31.2 Å². The summed E-state index contributed by atoms with van der Waals surface area (Å²) < 4.78 is 25.5. The van der Waals surface area contributed by atoms with E-state index in [-0.39, 0.29) is 18.2 Å². The van der Waals surface area contributed by atoms with Gasteiger partial charge in [0.1, 0.15) is 6.04 Å². The molecule has 0 spiro atoms. The van der Waals surface area contributed by atoms with Crippen molar-refractivity contribution in [2.24, 2.45) is 0 Å². The lowest BCUT2D eigenvalue weighted by Gasteiger charge is -2.14. The number of hydrogen-bond donors (Lipinski definition) is 1. The van der Waals surface area contributed by atoms with Crippen LogP contribution in [0, 0.1) is 0 Å². The van der Waals surface area contributed by atoms with Gasteiger partial charge >= 0.3 is 0 Å². The van der Waals surface area contributed by atoms with Gasteiger partial charge in [0.15, 0.2) is 0 Å². The highest BCUT2D eigenvalue weighted by Crippen LogP contribution is 2.10. The van der Waals surface area contributed by atoms with Crippen molar-refractivity contribution in [2.75, 3.05) is 26.4 Å². The number of rotatable bonds is 6. The molecule has 0 radical (unpaired) electrons. The van der Waals surface area contributed by atoms with Crippen LogP contribution >= 0.6 is 11.6 Å². The minimum atomic E-state index is -3.31. The SMILES string of the molecule is CC(C(=O)NCCS(=O)(=O)N(C)C)n1cc(Cl)cn1. The van der Waals surface area contributed by atoms with Crippen LogP contribution in [0.2, 0.25) is 5.02 Å². The third kappa shape index (κ3) is 4.48. The van der Waals surface area contributed by atoms with E-state index in [4.69, 9.17) is 11.6 Å². The molecular weight excluding hydrogens is 292 g/mol. The summed E-state index contributed by atoms with van der Waals surface area (Å²) in [7, 11) is -0.405. The molecule has 19 heavy (non-hydrogen) atoms. The predicted octanol–water partition coefficient (Wildman–Crippen LogP) is 0.105. The van der Waals surface area contributed by atoms with Gasteiger partial charge in [0.2, 0.25) is 15.9 Å². The number of aromatic nitrogens is 2. The summed E-state index contributed by atoms with van der Waals surface area (Å²) in [5.74, 6) is -0.452. The first-order valence-electron chi connectivity index (χ1n) is 5.61. The monoisotopic (exact) mass is 308 g/mol. The summed E-state index contributed by atoms with van der Waals surface area (Å²) in [6, 6.07) is -0.547. The minimum Gasteiger partial charge on any atom is -0.353 e. The van der Waals surface area contributed by atoms with Crippen LogP contribution < -0.4 is 5.32 Å². The van der Waals surface area contributed by atoms with Crippen molar-refractivity contribution in [2.45, 2.75) is 13.0 Å². The van der Waals surface area contributed by atoms with Crippen LogP contribution in [0.15, 0.2) is 12.4 Å². The number of carbonyl (C=O) groups is 1. The molecule has 9 heteroatoms. The zero-order chi connectivity index (χ0) is 14.6. The van der Waals surface area contributed by atoms with Gasteiger partial charge in [0.05, 0.1) is 17.0 Å². The van der Waals surface area contributed by atoms with Crippen LogP contribution in [-0.2, 0) is 14.8 Å². The summed E-state index contributed by atoms with van der Waals surface area (Å²) in [4.78, 5) is 11.8. The number of nitrogens with zero attached hydrogens (tertiary/aromatic N) is 3. The smallest absolute Gasteiger partial charge is 0.244 e. The van der Waals surface area contributed by atoms with Crippen molar-refractivity contribution in [1.82, 2.24) is 19.4 Å². The standard InChI is InChI=1S/C10H17ClN4O3S/c1-8(15-7-9(11)6-13-15)10(16)12-4-5-19(17,18)14(2)3/h6-8H,4-5H2,1-3H3,(H,12,16). The molecule has 1 aromatic heterocycles. The van der Waals surface area contributed by atoms with Crippen LogP contribution in [0.4, 0.5) is 0 Å². The molecule has 0 fully saturated rings. The summed E-state index contributed by atoms with van der Waals surface area (Å²) in [5, 5.41) is 6.91. The zero-order valence-corrected chi connectivity index (χ0v) is 12.6. The summed E-state index contributed by atoms with van der Waals surface area (Å²) in [6.45, 7) is 1.71. The van der Waals surface area contributed by atoms with Gasteiger partial charge in [0, 0.05) is 26.8 Å². The Bertz CT molecular complexity index is 541. The molecule has 1 heterocycles. The largest absolute Gasteiger partial charge is 0.353 e. The number of amides is 1. The Hall–Kier alpha value is -1.12. The van der Waals surface area contributed by atoms with Gasteiger partial charge in [-0.2, -0.15) is 5.10 Å². The quantitative estimate of drug-likeness (QED) is 0.808. The van der Waals surface area contributed by atoms with E-state index in [2.05, 4.69) is 10.4 Å². The third-order valence-electron chi connectivity index (χ3n) is 2.56. The highest BCUT2D eigenvalue weighted by molar-refractivity contribution is 7.89. The number of sulfonamides is 1. The molecule has 0 aliphatic carbocycles. The first kappa shape index (κ1) is 15.9. The molecule has 0 bridgehead atoms. The van der Waals surface area contributed by atoms with E-state index in [0.29, 0.717) is 5.02 Å². The van der Waals surface area contributed by atoms with Gasteiger partial charge in [-0.1, -0.05) is 11.6 Å². The second-order valence-electron chi connectivity index (χ2n) is 4.20. The molecule has 0 aliphatic heterocycles. The highest BCUT2D eigenvalue weighted by Gasteiger charge is 2.18. The van der Waals surface area contributed by atoms with Gasteiger partial charge < -0.3 is 5.32 Å². The first-order chi connectivity index (χ1) is 8.74. The molecule has 0 aromatic carbocycles. The van der Waals surface area contributed by atoms with Gasteiger partial charge in [-0.3, -0.25) is 9.48 Å². The number of carbonyl (C=O) groups excluding carboxylic acids is 1. The fraction of sp³-hybridized carbons (Fsp3) is 0.600. The molecule has 1 atom stereocenters. The number of hydrogen-bond acceptors (Lipinski definition) is 4. The highest BCUT2D eigenvalue weighted by atomic mass is 35.5. The Labute approximate surface area is 117 Å². The van der Waals surface area contributed by atoms with E-state index in [1.807, 2.05) is 0 Å². The topological polar surface area (TPSA) is 84.3 Å². The zero-order valence-electron chi connectivity index (χ0n) is 11.0. The maximum atomic E-state index is 11.8. The molecule has 1 rings (SSSR count). The summed E-state index contributed by atoms with van der Waals surface area (Å²) >= 11 is 5.71. The van der Waals surface area contributed by atoms with Gasteiger partial charge in [-0.15, -0.1) is 0 Å². The fourth-order valence-electron chi connectivity index (χ4n) is 1.28. The van der Waals surface area contributed by atoms with E-state index in [1.54, 1.807) is 6.92 Å². The lowest BCUT2D eigenvalue weighted by molar-refractivity contribution is -0.124. The van der Waals surface area contributed by atoms with Crippen molar-refractivity contribution >= 4 is 27.5 Å². The Kier molecular flexibility index (Phi) is 5.33. The van der Waals surface area contributed by atoms with E-state index >= 15 is 0 Å². The van der Waals surface area contributed by atoms with Crippen LogP contribution in [0.1, 0.15) is 13.0 Å². The van der Waals surface area contributed by atoms with Gasteiger partial charge in [-0.25, -0.2) is 12.7 Å². The molecule has 108 valence electrons. The van der Waals surface area contributed by atoms with Gasteiger partial charge in [0.25, 0.3) is 0 Å². The number of halogens is 1. The molecule has 1 unspecified atom stereocenters. The van der Waals surface area contributed by atoms with Crippen LogP contribution in [-0.4, -0.2) is 54.8 Å². The average Bonchev–Trinajstić information content (AvgIpc) is 2.74. The Balaban J connectivity index is 2.48. The molecule has 7 nitrogen and oxygen atoms in total. The van der Waals surface area contributed by atoms with E-state index < -0.39 is 16.1 Å². The number of nitrogens with one attached hydrogen (secondary N) is 1. The molecule has 1 aromatic rings. The van der Waals surface area contributed by atoms with E-state index in [0.717, 1.165) is 4.31 Å². The van der Waals surface area contributed by atoms with Crippen molar-refractivity contribution in [1.29, 1.82) is 0 Å². The minimum absolute atomic E-state index is 0.0543. The third-order valence-corrected chi connectivity index (χ3v) is 4.59. The van der Waals surface area contributed by atoms with Crippen molar-refractivity contribution < 1.29 is 13.2 Å². The molecule has 1 N–H and O–H groups in total. The summed E-state index contributed by atoms with van der Waals surface area (Å²) in [5.41, 5.74) is 0. The van der Waals surface area contributed by atoms with Crippen molar-refractivity contribution in [3.63, 3.8) is 0 Å². The molecule has 0 saturated carbocycles. The summed E-state index contributed by atoms with van der Waals surface area (Å²) in [6.07, 6.45) is 2.96. The van der Waals surface area contributed by atoms with Gasteiger partial charge in [-0.05, 0) is 6.92 Å². The Morgan fingerprint density at radius 1 is 1.58 bits per heavy atom.